The van der Waals surface area contributed by atoms with Crippen molar-refractivity contribution in [3.63, 3.8) is 0 Å². The lowest BCUT2D eigenvalue weighted by atomic mass is 9.96. The predicted molar refractivity (Wildman–Crippen MR) is 90.6 cm³/mol. The van der Waals surface area contributed by atoms with Gasteiger partial charge in [-0.3, -0.25) is 0 Å². The maximum absolute atomic E-state index is 11.3. The van der Waals surface area contributed by atoms with Crippen molar-refractivity contribution in [2.24, 2.45) is 0 Å². The van der Waals surface area contributed by atoms with Gasteiger partial charge in [0, 0.05) is 0 Å². The maximum Gasteiger partial charge on any atom is 0.339 e. The van der Waals surface area contributed by atoms with Crippen LogP contribution in [0.2, 0.25) is 0 Å². The molecule has 0 saturated heterocycles. The monoisotopic (exact) mass is 300 g/mol. The van der Waals surface area contributed by atoms with Crippen LogP contribution in [0.25, 0.3) is 11.1 Å². The Balaban J connectivity index is 0.00000116. The molecule has 3 nitrogen and oxygen atoms in total. The van der Waals surface area contributed by atoms with Crippen LogP contribution in [0.4, 0.5) is 0 Å². The van der Waals surface area contributed by atoms with Gasteiger partial charge in [0.05, 0.1) is 0 Å². The lowest BCUT2D eigenvalue weighted by molar-refractivity contribution is 0.0693. The first-order valence-electron chi connectivity index (χ1n) is 7.69. The molecule has 0 aliphatic rings. The zero-order valence-corrected chi connectivity index (χ0v) is 13.7. The molecule has 0 amide bonds. The van der Waals surface area contributed by atoms with E-state index in [1.807, 2.05) is 58.0 Å². The minimum absolute atomic E-state index is 0.0356. The molecule has 0 heterocycles. The molecule has 0 radical (unpaired) electrons. The van der Waals surface area contributed by atoms with Crippen LogP contribution in [0, 0.1) is 6.92 Å². The van der Waals surface area contributed by atoms with Gasteiger partial charge in [0.2, 0.25) is 0 Å². The molecule has 2 rings (SSSR count). The fourth-order valence-corrected chi connectivity index (χ4v) is 2.23. The quantitative estimate of drug-likeness (QED) is 0.831. The van der Waals surface area contributed by atoms with E-state index in [1.165, 1.54) is 6.07 Å². The van der Waals surface area contributed by atoms with Gasteiger partial charge in [-0.25, -0.2) is 4.79 Å². The number of benzene rings is 2. The Morgan fingerprint density at radius 2 is 1.64 bits per heavy atom. The van der Waals surface area contributed by atoms with E-state index in [4.69, 9.17) is 0 Å². The van der Waals surface area contributed by atoms with E-state index in [2.05, 4.69) is 0 Å². The Hall–Kier alpha value is -2.29. The molecule has 2 aromatic rings. The van der Waals surface area contributed by atoms with Crippen LogP contribution in [0.5, 0.6) is 5.75 Å². The summed E-state index contributed by atoms with van der Waals surface area (Å²) in [6.07, 6.45) is 1.51. The van der Waals surface area contributed by atoms with Crippen molar-refractivity contribution in [2.75, 3.05) is 0 Å². The second kappa shape index (κ2) is 8.23. The van der Waals surface area contributed by atoms with Crippen molar-refractivity contribution < 1.29 is 15.0 Å². The number of carbonyl (C=O) groups is 1. The van der Waals surface area contributed by atoms with Crippen LogP contribution in [0.3, 0.4) is 0 Å². The Bertz CT molecular complexity index is 628. The van der Waals surface area contributed by atoms with E-state index in [-0.39, 0.29) is 11.3 Å². The average molecular weight is 300 g/mol. The van der Waals surface area contributed by atoms with E-state index < -0.39 is 5.97 Å². The predicted octanol–water partition coefficient (Wildman–Crippen LogP) is 5.04. The number of hydrogen-bond donors (Lipinski definition) is 2. The summed E-state index contributed by atoms with van der Waals surface area (Å²) in [6.45, 7) is 8.00. The summed E-state index contributed by atoms with van der Waals surface area (Å²) in [6, 6.07) is 11.3. The van der Waals surface area contributed by atoms with Crippen molar-refractivity contribution in [2.45, 2.75) is 40.5 Å². The molecule has 118 valence electrons. The largest absolute Gasteiger partial charge is 0.507 e. The number of carboxylic acid groups (broad SMARTS) is 1. The van der Waals surface area contributed by atoms with E-state index in [0.29, 0.717) is 12.0 Å². The molecule has 0 aromatic heterocycles. The highest BCUT2D eigenvalue weighted by Gasteiger charge is 2.15. The summed E-state index contributed by atoms with van der Waals surface area (Å²) < 4.78 is 0. The van der Waals surface area contributed by atoms with Crippen LogP contribution >= 0.6 is 0 Å². The Kier molecular flexibility index (Phi) is 6.64. The van der Waals surface area contributed by atoms with Gasteiger partial charge in [-0.05, 0) is 42.2 Å². The van der Waals surface area contributed by atoms with Crippen LogP contribution in [-0.4, -0.2) is 16.2 Å². The molecule has 0 spiro atoms. The van der Waals surface area contributed by atoms with Gasteiger partial charge in [-0.2, -0.15) is 0 Å². The number of carboxylic acids is 1. The average Bonchev–Trinajstić information content (AvgIpc) is 2.52. The third kappa shape index (κ3) is 4.10. The SMILES string of the molecule is CC.CCCc1cc(-c2ccc(C)cc2)cc(C(=O)O)c1O. The molecule has 2 N–H and O–H groups in total. The lowest BCUT2D eigenvalue weighted by Gasteiger charge is -2.11. The van der Waals surface area contributed by atoms with Gasteiger partial charge >= 0.3 is 5.97 Å². The number of hydrogen-bond acceptors (Lipinski definition) is 2. The number of rotatable bonds is 4. The zero-order chi connectivity index (χ0) is 16.7. The molecule has 0 saturated carbocycles. The summed E-state index contributed by atoms with van der Waals surface area (Å²) in [5.74, 6) is -1.22. The summed E-state index contributed by atoms with van der Waals surface area (Å²) in [5, 5.41) is 19.2. The van der Waals surface area contributed by atoms with Gasteiger partial charge in [0.1, 0.15) is 11.3 Å². The lowest BCUT2D eigenvalue weighted by Crippen LogP contribution is -2.00. The van der Waals surface area contributed by atoms with Crippen molar-refractivity contribution in [3.8, 4) is 16.9 Å². The molecular formula is C19H24O3. The Morgan fingerprint density at radius 1 is 1.05 bits per heavy atom. The standard InChI is InChI=1S/C17H18O3.C2H6/c1-3-4-13-9-14(10-15(16(13)18)17(19)20)12-7-5-11(2)6-8-12;1-2/h5-10,18H,3-4H2,1-2H3,(H,19,20);1-2H3. The molecule has 0 fully saturated rings. The third-order valence-corrected chi connectivity index (χ3v) is 3.32. The van der Waals surface area contributed by atoms with Crippen molar-refractivity contribution in [1.29, 1.82) is 0 Å². The Morgan fingerprint density at radius 3 is 2.14 bits per heavy atom. The topological polar surface area (TPSA) is 57.5 Å². The van der Waals surface area contributed by atoms with Gasteiger partial charge in [0.25, 0.3) is 0 Å². The van der Waals surface area contributed by atoms with E-state index in [9.17, 15) is 15.0 Å². The normalized spacial score (nSPS) is 9.82. The summed E-state index contributed by atoms with van der Waals surface area (Å²) in [4.78, 5) is 11.3. The van der Waals surface area contributed by atoms with E-state index in [1.54, 1.807) is 0 Å². The smallest absolute Gasteiger partial charge is 0.339 e. The molecular weight excluding hydrogens is 276 g/mol. The molecule has 22 heavy (non-hydrogen) atoms. The maximum atomic E-state index is 11.3. The molecule has 2 aromatic carbocycles. The minimum atomic E-state index is -1.10. The minimum Gasteiger partial charge on any atom is -0.507 e. The molecule has 3 heteroatoms. The highest BCUT2D eigenvalue weighted by Crippen LogP contribution is 2.31. The van der Waals surface area contributed by atoms with Gasteiger partial charge in [-0.15, -0.1) is 0 Å². The highest BCUT2D eigenvalue weighted by atomic mass is 16.4. The fraction of sp³-hybridized carbons (Fsp3) is 0.316. The number of aryl methyl sites for hydroxylation is 2. The van der Waals surface area contributed by atoms with Gasteiger partial charge in [-0.1, -0.05) is 57.0 Å². The van der Waals surface area contributed by atoms with Gasteiger partial charge < -0.3 is 10.2 Å². The summed E-state index contributed by atoms with van der Waals surface area (Å²) in [7, 11) is 0. The summed E-state index contributed by atoms with van der Waals surface area (Å²) in [5.41, 5.74) is 3.58. The highest BCUT2D eigenvalue weighted by molar-refractivity contribution is 5.93. The first-order chi connectivity index (χ1) is 10.5. The summed E-state index contributed by atoms with van der Waals surface area (Å²) >= 11 is 0. The van der Waals surface area contributed by atoms with Crippen molar-refractivity contribution in [1.82, 2.24) is 0 Å². The second-order valence-corrected chi connectivity index (χ2v) is 4.95. The number of phenols is 1. The van der Waals surface area contributed by atoms with Crippen LogP contribution < -0.4 is 0 Å². The molecule has 0 aliphatic heterocycles. The molecule has 0 unspecified atom stereocenters. The molecule has 0 atom stereocenters. The van der Waals surface area contributed by atoms with Crippen molar-refractivity contribution >= 4 is 5.97 Å². The van der Waals surface area contributed by atoms with E-state index >= 15 is 0 Å². The fourth-order valence-electron chi connectivity index (χ4n) is 2.23. The molecule has 0 bridgehead atoms. The third-order valence-electron chi connectivity index (χ3n) is 3.32. The van der Waals surface area contributed by atoms with Gasteiger partial charge in [0.15, 0.2) is 0 Å². The first kappa shape index (κ1) is 17.8. The van der Waals surface area contributed by atoms with Crippen LogP contribution in [0.1, 0.15) is 48.7 Å². The second-order valence-electron chi connectivity index (χ2n) is 4.95. The van der Waals surface area contributed by atoms with Crippen LogP contribution in [-0.2, 0) is 6.42 Å². The van der Waals surface area contributed by atoms with Crippen molar-refractivity contribution in [3.05, 3.63) is 53.1 Å². The zero-order valence-electron chi connectivity index (χ0n) is 13.7. The molecule has 0 aliphatic carbocycles. The number of aromatic carboxylic acids is 1. The number of aromatic hydroxyl groups is 1. The first-order valence-corrected chi connectivity index (χ1v) is 7.69. The Labute approximate surface area is 132 Å². The van der Waals surface area contributed by atoms with Crippen LogP contribution in [0.15, 0.2) is 36.4 Å². The van der Waals surface area contributed by atoms with E-state index in [0.717, 1.165) is 23.1 Å².